The number of rotatable bonds is 8. The highest BCUT2D eigenvalue weighted by Crippen LogP contribution is 2.28. The molecule has 138 valence electrons. The topological polar surface area (TPSA) is 109 Å². The summed E-state index contributed by atoms with van der Waals surface area (Å²) < 4.78 is 0. The lowest BCUT2D eigenvalue weighted by molar-refractivity contribution is -0.385. The normalized spacial score (nSPS) is 13.6. The number of nitro benzene ring substituents is 1. The SMILES string of the molecule is CCNC(=NCc1ccccc1[N+](=O)[O-])NCCNC(=O)C1CC1.I. The van der Waals surface area contributed by atoms with E-state index >= 15 is 0 Å². The van der Waals surface area contributed by atoms with Gasteiger partial charge in [0.05, 0.1) is 17.0 Å². The zero-order chi connectivity index (χ0) is 17.4. The Balaban J connectivity index is 0.00000312. The average Bonchev–Trinajstić information content (AvgIpc) is 3.41. The molecule has 1 saturated carbocycles. The van der Waals surface area contributed by atoms with E-state index in [0.29, 0.717) is 31.2 Å². The molecule has 25 heavy (non-hydrogen) atoms. The van der Waals surface area contributed by atoms with E-state index < -0.39 is 4.92 Å². The van der Waals surface area contributed by atoms with Crippen LogP contribution in [0.5, 0.6) is 0 Å². The van der Waals surface area contributed by atoms with Gasteiger partial charge in [-0.05, 0) is 19.8 Å². The minimum absolute atomic E-state index is 0. The monoisotopic (exact) mass is 461 g/mol. The molecular weight excluding hydrogens is 437 g/mol. The third kappa shape index (κ3) is 7.24. The fraction of sp³-hybridized carbons (Fsp3) is 0.500. The number of benzene rings is 1. The molecule has 2 rings (SSSR count). The van der Waals surface area contributed by atoms with Crippen molar-refractivity contribution in [2.75, 3.05) is 19.6 Å². The van der Waals surface area contributed by atoms with Gasteiger partial charge in [0.15, 0.2) is 5.96 Å². The van der Waals surface area contributed by atoms with Gasteiger partial charge in [0.1, 0.15) is 0 Å². The molecule has 9 heteroatoms. The maximum Gasteiger partial charge on any atom is 0.274 e. The highest BCUT2D eigenvalue weighted by atomic mass is 127. The van der Waals surface area contributed by atoms with Crippen molar-refractivity contribution in [3.63, 3.8) is 0 Å². The maximum atomic E-state index is 11.5. The summed E-state index contributed by atoms with van der Waals surface area (Å²) in [4.78, 5) is 26.5. The number of nitro groups is 1. The van der Waals surface area contributed by atoms with E-state index in [9.17, 15) is 14.9 Å². The lowest BCUT2D eigenvalue weighted by Crippen LogP contribution is -2.41. The Morgan fingerprint density at radius 3 is 2.56 bits per heavy atom. The summed E-state index contributed by atoms with van der Waals surface area (Å²) >= 11 is 0. The largest absolute Gasteiger partial charge is 0.357 e. The molecule has 1 fully saturated rings. The minimum atomic E-state index is -0.404. The lowest BCUT2D eigenvalue weighted by atomic mass is 10.2. The molecule has 1 aromatic carbocycles. The van der Waals surface area contributed by atoms with Crippen LogP contribution >= 0.6 is 24.0 Å². The summed E-state index contributed by atoms with van der Waals surface area (Å²) in [5, 5.41) is 20.1. The molecule has 1 amide bonds. The Morgan fingerprint density at radius 2 is 1.92 bits per heavy atom. The van der Waals surface area contributed by atoms with Gasteiger partial charge in [-0.1, -0.05) is 18.2 Å². The number of aliphatic imine (C=N–C) groups is 1. The molecule has 1 aromatic rings. The van der Waals surface area contributed by atoms with Crippen molar-refractivity contribution in [1.82, 2.24) is 16.0 Å². The third-order valence-electron chi connectivity index (χ3n) is 3.60. The zero-order valence-corrected chi connectivity index (χ0v) is 16.5. The molecule has 1 aliphatic rings. The lowest BCUT2D eigenvalue weighted by Gasteiger charge is -2.12. The van der Waals surface area contributed by atoms with Gasteiger partial charge in [0.2, 0.25) is 5.91 Å². The van der Waals surface area contributed by atoms with E-state index in [1.165, 1.54) is 6.07 Å². The van der Waals surface area contributed by atoms with E-state index in [2.05, 4.69) is 20.9 Å². The summed E-state index contributed by atoms with van der Waals surface area (Å²) in [6.07, 6.45) is 1.97. The number of nitrogens with one attached hydrogen (secondary N) is 3. The first-order chi connectivity index (χ1) is 11.6. The van der Waals surface area contributed by atoms with E-state index in [0.717, 1.165) is 12.8 Å². The number of carbonyl (C=O) groups excluding carboxylic acids is 1. The standard InChI is InChI=1S/C16H23N5O3.HI/c1-2-17-16(19-10-9-18-15(22)12-7-8-12)20-11-13-5-3-4-6-14(13)21(23)24;/h3-6,12H,2,7-11H2,1H3,(H,18,22)(H2,17,19,20);1H. The molecule has 0 bridgehead atoms. The number of para-hydroxylation sites is 1. The first kappa shape index (κ1) is 21.1. The van der Waals surface area contributed by atoms with Crippen molar-refractivity contribution in [1.29, 1.82) is 0 Å². The van der Waals surface area contributed by atoms with Crippen LogP contribution in [0.4, 0.5) is 5.69 Å². The number of hydrogen-bond donors (Lipinski definition) is 3. The van der Waals surface area contributed by atoms with Crippen molar-refractivity contribution in [3.05, 3.63) is 39.9 Å². The maximum absolute atomic E-state index is 11.5. The van der Waals surface area contributed by atoms with Crippen LogP contribution in [-0.2, 0) is 11.3 Å². The van der Waals surface area contributed by atoms with Crippen LogP contribution in [0.3, 0.4) is 0 Å². The van der Waals surface area contributed by atoms with Crippen molar-refractivity contribution in [2.45, 2.75) is 26.3 Å². The van der Waals surface area contributed by atoms with Crippen LogP contribution in [0.2, 0.25) is 0 Å². The van der Waals surface area contributed by atoms with Gasteiger partial charge < -0.3 is 16.0 Å². The molecule has 1 aliphatic carbocycles. The Kier molecular flexibility index (Phi) is 9.17. The third-order valence-corrected chi connectivity index (χ3v) is 3.60. The molecule has 0 spiro atoms. The fourth-order valence-electron chi connectivity index (χ4n) is 2.19. The predicted molar refractivity (Wildman–Crippen MR) is 107 cm³/mol. The summed E-state index contributed by atoms with van der Waals surface area (Å²) in [5.74, 6) is 0.875. The molecule has 8 nitrogen and oxygen atoms in total. The second-order valence-electron chi connectivity index (χ2n) is 5.57. The average molecular weight is 461 g/mol. The van der Waals surface area contributed by atoms with Gasteiger partial charge in [-0.2, -0.15) is 0 Å². The predicted octanol–water partition coefficient (Wildman–Crippen LogP) is 1.79. The van der Waals surface area contributed by atoms with E-state index in [4.69, 9.17) is 0 Å². The molecular formula is C16H24IN5O3. The van der Waals surface area contributed by atoms with Crippen LogP contribution in [0.15, 0.2) is 29.3 Å². The van der Waals surface area contributed by atoms with E-state index in [1.54, 1.807) is 18.2 Å². The van der Waals surface area contributed by atoms with Gasteiger partial charge in [-0.15, -0.1) is 24.0 Å². The molecule has 3 N–H and O–H groups in total. The Labute approximate surface area is 164 Å². The Hall–Kier alpha value is -1.91. The fourth-order valence-corrected chi connectivity index (χ4v) is 2.19. The molecule has 0 saturated heterocycles. The van der Waals surface area contributed by atoms with Crippen LogP contribution in [0.1, 0.15) is 25.3 Å². The summed E-state index contributed by atoms with van der Waals surface area (Å²) in [7, 11) is 0. The van der Waals surface area contributed by atoms with Crippen molar-refractivity contribution < 1.29 is 9.72 Å². The quantitative estimate of drug-likeness (QED) is 0.137. The molecule has 0 aliphatic heterocycles. The summed E-state index contributed by atoms with van der Waals surface area (Å²) in [6.45, 7) is 3.89. The van der Waals surface area contributed by atoms with Gasteiger partial charge in [-0.3, -0.25) is 14.9 Å². The highest BCUT2D eigenvalue weighted by molar-refractivity contribution is 14.0. The number of hydrogen-bond acceptors (Lipinski definition) is 4. The summed E-state index contributed by atoms with van der Waals surface area (Å²) in [5.41, 5.74) is 0.621. The van der Waals surface area contributed by atoms with Gasteiger partial charge in [-0.25, -0.2) is 4.99 Å². The first-order valence-corrected chi connectivity index (χ1v) is 8.14. The van der Waals surface area contributed by atoms with E-state index in [-0.39, 0.29) is 48.0 Å². The van der Waals surface area contributed by atoms with Crippen LogP contribution in [-0.4, -0.2) is 36.4 Å². The smallest absolute Gasteiger partial charge is 0.274 e. The minimum Gasteiger partial charge on any atom is -0.357 e. The number of guanidine groups is 1. The number of nitrogens with zero attached hydrogens (tertiary/aromatic N) is 2. The van der Waals surface area contributed by atoms with Gasteiger partial charge in [0.25, 0.3) is 5.69 Å². The van der Waals surface area contributed by atoms with Gasteiger partial charge >= 0.3 is 0 Å². The van der Waals surface area contributed by atoms with Crippen LogP contribution < -0.4 is 16.0 Å². The van der Waals surface area contributed by atoms with Crippen LogP contribution in [0.25, 0.3) is 0 Å². The van der Waals surface area contributed by atoms with Crippen molar-refractivity contribution in [3.8, 4) is 0 Å². The zero-order valence-electron chi connectivity index (χ0n) is 14.2. The summed E-state index contributed by atoms with van der Waals surface area (Å²) in [6, 6.07) is 6.56. The highest BCUT2D eigenvalue weighted by Gasteiger charge is 2.28. The Morgan fingerprint density at radius 1 is 1.24 bits per heavy atom. The van der Waals surface area contributed by atoms with Crippen LogP contribution in [0, 0.1) is 16.0 Å². The molecule has 0 unspecified atom stereocenters. The Bertz CT molecular complexity index is 620. The molecule has 0 aromatic heterocycles. The molecule has 0 radical (unpaired) electrons. The van der Waals surface area contributed by atoms with Crippen molar-refractivity contribution >= 4 is 41.5 Å². The van der Waals surface area contributed by atoms with Crippen molar-refractivity contribution in [2.24, 2.45) is 10.9 Å². The second-order valence-corrected chi connectivity index (χ2v) is 5.57. The van der Waals surface area contributed by atoms with E-state index in [1.807, 2.05) is 6.92 Å². The number of amides is 1. The number of halogens is 1. The second kappa shape index (κ2) is 10.9. The van der Waals surface area contributed by atoms with Gasteiger partial charge in [0, 0.05) is 31.6 Å². The first-order valence-electron chi connectivity index (χ1n) is 8.14. The number of carbonyl (C=O) groups is 1. The molecule has 0 heterocycles. The molecule has 0 atom stereocenters.